The fourth-order valence-corrected chi connectivity index (χ4v) is 3.66. The summed E-state index contributed by atoms with van der Waals surface area (Å²) in [7, 11) is 0. The zero-order valence-corrected chi connectivity index (χ0v) is 14.5. The Morgan fingerprint density at radius 1 is 1.25 bits per heavy atom. The molecule has 3 rings (SSSR count). The number of nitrogens with zero attached hydrogens (tertiary/aromatic N) is 1. The van der Waals surface area contributed by atoms with Crippen LogP contribution in [0.4, 0.5) is 11.4 Å². The van der Waals surface area contributed by atoms with Gasteiger partial charge in [0.25, 0.3) is 5.91 Å². The van der Waals surface area contributed by atoms with Crippen LogP contribution < -0.4 is 21.3 Å². The van der Waals surface area contributed by atoms with Crippen LogP contribution >= 0.6 is 0 Å². The molecule has 24 heavy (non-hydrogen) atoms. The largest absolute Gasteiger partial charge is 0.381 e. The number of primary amides is 1. The summed E-state index contributed by atoms with van der Waals surface area (Å²) in [6.45, 7) is 7.82. The lowest BCUT2D eigenvalue weighted by molar-refractivity contribution is 0.0904. The molecule has 2 atom stereocenters. The van der Waals surface area contributed by atoms with Gasteiger partial charge in [-0.15, -0.1) is 0 Å². The molecule has 2 fully saturated rings. The highest BCUT2D eigenvalue weighted by Gasteiger charge is 2.23. The lowest BCUT2D eigenvalue weighted by Gasteiger charge is -2.38. The molecule has 132 valence electrons. The molecule has 2 aliphatic heterocycles. The maximum atomic E-state index is 11.8. The zero-order chi connectivity index (χ0) is 17.1. The van der Waals surface area contributed by atoms with Gasteiger partial charge in [-0.2, -0.15) is 0 Å². The first kappa shape index (κ1) is 17.0. The van der Waals surface area contributed by atoms with Crippen LogP contribution in [0, 0.1) is 0 Å². The number of carbonyl (C=O) groups is 1. The van der Waals surface area contributed by atoms with Gasteiger partial charge in [0.2, 0.25) is 0 Å². The SMILES string of the molecule is CC1CN(c2ccc(C(N)=O)c(NC3CCOCC3)c2)CC(C)N1. The number of hydrogen-bond acceptors (Lipinski definition) is 5. The van der Waals surface area contributed by atoms with Crippen molar-refractivity contribution in [3.05, 3.63) is 23.8 Å². The van der Waals surface area contributed by atoms with E-state index in [-0.39, 0.29) is 0 Å². The van der Waals surface area contributed by atoms with Crippen molar-refractivity contribution in [2.75, 3.05) is 36.5 Å². The smallest absolute Gasteiger partial charge is 0.250 e. The minimum absolute atomic E-state index is 0.327. The van der Waals surface area contributed by atoms with E-state index in [9.17, 15) is 4.79 Å². The number of amides is 1. The van der Waals surface area contributed by atoms with E-state index < -0.39 is 5.91 Å². The fraction of sp³-hybridized carbons (Fsp3) is 0.611. The quantitative estimate of drug-likeness (QED) is 0.780. The molecule has 1 aromatic carbocycles. The molecule has 2 saturated heterocycles. The highest BCUT2D eigenvalue weighted by atomic mass is 16.5. The van der Waals surface area contributed by atoms with Gasteiger partial charge in [-0.05, 0) is 44.9 Å². The molecule has 6 nitrogen and oxygen atoms in total. The Labute approximate surface area is 143 Å². The van der Waals surface area contributed by atoms with E-state index in [1.54, 1.807) is 0 Å². The van der Waals surface area contributed by atoms with Gasteiger partial charge in [-0.1, -0.05) is 0 Å². The molecule has 4 N–H and O–H groups in total. The van der Waals surface area contributed by atoms with Gasteiger partial charge in [0, 0.05) is 55.8 Å². The molecule has 2 heterocycles. The molecule has 0 bridgehead atoms. The number of hydrogen-bond donors (Lipinski definition) is 3. The first-order valence-corrected chi connectivity index (χ1v) is 8.82. The third-order valence-electron chi connectivity index (χ3n) is 4.77. The number of anilines is 2. The summed E-state index contributed by atoms with van der Waals surface area (Å²) in [4.78, 5) is 14.2. The van der Waals surface area contributed by atoms with Crippen molar-refractivity contribution in [2.45, 2.75) is 44.8 Å². The number of nitrogens with one attached hydrogen (secondary N) is 2. The van der Waals surface area contributed by atoms with Crippen molar-refractivity contribution >= 4 is 17.3 Å². The van der Waals surface area contributed by atoms with Crippen molar-refractivity contribution in [3.63, 3.8) is 0 Å². The Kier molecular flexibility index (Phi) is 5.26. The number of piperazine rings is 1. The predicted octanol–water partition coefficient (Wildman–Crippen LogP) is 1.56. The summed E-state index contributed by atoms with van der Waals surface area (Å²) >= 11 is 0. The number of benzene rings is 1. The summed E-state index contributed by atoms with van der Waals surface area (Å²) in [5, 5.41) is 7.05. The molecule has 2 unspecified atom stereocenters. The van der Waals surface area contributed by atoms with Crippen molar-refractivity contribution in [1.29, 1.82) is 0 Å². The Balaban J connectivity index is 1.83. The topological polar surface area (TPSA) is 79.6 Å². The second-order valence-electron chi connectivity index (χ2n) is 7.00. The van der Waals surface area contributed by atoms with Crippen molar-refractivity contribution in [2.24, 2.45) is 5.73 Å². The first-order valence-electron chi connectivity index (χ1n) is 8.82. The molecule has 6 heteroatoms. The third-order valence-corrected chi connectivity index (χ3v) is 4.77. The van der Waals surface area contributed by atoms with Crippen LogP contribution in [0.25, 0.3) is 0 Å². The molecule has 0 aromatic heterocycles. The molecule has 2 aliphatic rings. The second kappa shape index (κ2) is 7.40. The summed E-state index contributed by atoms with van der Waals surface area (Å²) in [6, 6.07) is 7.12. The van der Waals surface area contributed by atoms with Crippen LogP contribution in [0.2, 0.25) is 0 Å². The number of carbonyl (C=O) groups excluding carboxylic acids is 1. The molecule has 0 saturated carbocycles. The van der Waals surface area contributed by atoms with E-state index in [0.29, 0.717) is 23.7 Å². The molecule has 0 spiro atoms. The highest BCUT2D eigenvalue weighted by molar-refractivity contribution is 5.99. The van der Waals surface area contributed by atoms with E-state index in [0.717, 1.165) is 50.5 Å². The van der Waals surface area contributed by atoms with Crippen LogP contribution in [-0.2, 0) is 4.74 Å². The molecular formula is C18H28N4O2. The van der Waals surface area contributed by atoms with Crippen molar-refractivity contribution in [3.8, 4) is 0 Å². The summed E-state index contributed by atoms with van der Waals surface area (Å²) < 4.78 is 5.41. The Bertz CT molecular complexity index is 576. The Morgan fingerprint density at radius 2 is 1.92 bits per heavy atom. The average Bonchev–Trinajstić information content (AvgIpc) is 2.54. The number of rotatable bonds is 4. The Hall–Kier alpha value is -1.79. The van der Waals surface area contributed by atoms with Gasteiger partial charge in [0.1, 0.15) is 0 Å². The maximum Gasteiger partial charge on any atom is 0.250 e. The van der Waals surface area contributed by atoms with Gasteiger partial charge in [0.15, 0.2) is 0 Å². The average molecular weight is 332 g/mol. The molecular weight excluding hydrogens is 304 g/mol. The van der Waals surface area contributed by atoms with Crippen LogP contribution in [0.5, 0.6) is 0 Å². The second-order valence-corrected chi connectivity index (χ2v) is 7.00. The van der Waals surface area contributed by atoms with Gasteiger partial charge >= 0.3 is 0 Å². The standard InChI is InChI=1S/C18H28N4O2/c1-12-10-22(11-13(2)20-12)15-3-4-16(18(19)23)17(9-15)21-14-5-7-24-8-6-14/h3-4,9,12-14,20-21H,5-8,10-11H2,1-2H3,(H2,19,23). The molecule has 0 aliphatic carbocycles. The van der Waals surface area contributed by atoms with Gasteiger partial charge in [-0.3, -0.25) is 4.79 Å². The molecule has 0 radical (unpaired) electrons. The number of ether oxygens (including phenoxy) is 1. The fourth-order valence-electron chi connectivity index (χ4n) is 3.66. The van der Waals surface area contributed by atoms with Crippen molar-refractivity contribution in [1.82, 2.24) is 5.32 Å². The molecule has 1 aromatic rings. The van der Waals surface area contributed by atoms with Gasteiger partial charge in [-0.25, -0.2) is 0 Å². The van der Waals surface area contributed by atoms with E-state index in [1.807, 2.05) is 12.1 Å². The summed E-state index contributed by atoms with van der Waals surface area (Å²) in [6.07, 6.45) is 1.90. The van der Waals surface area contributed by atoms with Crippen molar-refractivity contribution < 1.29 is 9.53 Å². The summed E-state index contributed by atoms with van der Waals surface area (Å²) in [5.41, 5.74) is 8.09. The van der Waals surface area contributed by atoms with Gasteiger partial charge in [0.05, 0.1) is 5.56 Å². The van der Waals surface area contributed by atoms with E-state index in [4.69, 9.17) is 10.5 Å². The van der Waals surface area contributed by atoms with E-state index in [1.165, 1.54) is 0 Å². The van der Waals surface area contributed by atoms with Crippen LogP contribution in [-0.4, -0.2) is 50.3 Å². The highest BCUT2D eigenvalue weighted by Crippen LogP contribution is 2.27. The normalized spacial score (nSPS) is 25.5. The molecule has 1 amide bonds. The minimum Gasteiger partial charge on any atom is -0.381 e. The predicted molar refractivity (Wildman–Crippen MR) is 96.7 cm³/mol. The van der Waals surface area contributed by atoms with Crippen LogP contribution in [0.1, 0.15) is 37.0 Å². The Morgan fingerprint density at radius 3 is 2.54 bits per heavy atom. The zero-order valence-electron chi connectivity index (χ0n) is 14.5. The van der Waals surface area contributed by atoms with Gasteiger partial charge < -0.3 is 26.0 Å². The minimum atomic E-state index is -0.391. The monoisotopic (exact) mass is 332 g/mol. The first-order chi connectivity index (χ1) is 11.5. The lowest BCUT2D eigenvalue weighted by Crippen LogP contribution is -2.54. The summed E-state index contributed by atoms with van der Waals surface area (Å²) in [5.74, 6) is -0.391. The third kappa shape index (κ3) is 3.99. The van der Waals surface area contributed by atoms with E-state index in [2.05, 4.69) is 35.4 Å². The van der Waals surface area contributed by atoms with E-state index >= 15 is 0 Å². The van der Waals surface area contributed by atoms with Crippen LogP contribution in [0.15, 0.2) is 18.2 Å². The lowest BCUT2D eigenvalue weighted by atomic mass is 10.0. The number of nitrogens with two attached hydrogens (primary N) is 1. The van der Waals surface area contributed by atoms with Crippen LogP contribution in [0.3, 0.4) is 0 Å². The maximum absolute atomic E-state index is 11.8.